The minimum absolute atomic E-state index is 0.596. The second kappa shape index (κ2) is 9.24. The molecule has 0 amide bonds. The van der Waals surface area contributed by atoms with Crippen molar-refractivity contribution in [2.75, 3.05) is 0 Å². The van der Waals surface area contributed by atoms with Crippen molar-refractivity contribution in [1.29, 1.82) is 0 Å². The second-order valence-electron chi connectivity index (χ2n) is 5.34. The summed E-state index contributed by atoms with van der Waals surface area (Å²) in [6.07, 6.45) is 14.9. The predicted molar refractivity (Wildman–Crippen MR) is 71.0 cm³/mol. The maximum atomic E-state index is 2.48. The van der Waals surface area contributed by atoms with Crippen molar-refractivity contribution in [2.45, 2.75) is 85.5 Å². The van der Waals surface area contributed by atoms with E-state index in [1.165, 1.54) is 57.8 Å². The molecule has 0 saturated heterocycles. The molecule has 0 saturated carbocycles. The van der Waals surface area contributed by atoms with Crippen LogP contribution in [0.2, 0.25) is 0 Å². The molecule has 0 aromatic heterocycles. The van der Waals surface area contributed by atoms with Gasteiger partial charge < -0.3 is 0 Å². The highest BCUT2D eigenvalue weighted by molar-refractivity contribution is 4.79. The number of hydrogen-bond donors (Lipinski definition) is 0. The monoisotopic (exact) mass is 211 g/mol. The molecule has 91 valence electrons. The van der Waals surface area contributed by atoms with E-state index in [4.69, 9.17) is 0 Å². The molecule has 0 nitrogen and oxygen atoms in total. The maximum absolute atomic E-state index is 2.48. The Morgan fingerprint density at radius 3 is 1.67 bits per heavy atom. The molecule has 0 aromatic rings. The highest BCUT2D eigenvalue weighted by Gasteiger charge is 2.21. The van der Waals surface area contributed by atoms with Crippen LogP contribution in [0, 0.1) is 11.8 Å². The van der Waals surface area contributed by atoms with E-state index in [2.05, 4.69) is 34.1 Å². The lowest BCUT2D eigenvalue weighted by molar-refractivity contribution is 0.248. The highest BCUT2D eigenvalue weighted by Crippen LogP contribution is 2.35. The SMILES string of the molecule is C[CH]CC(C)(CCCCC)CCCCC. The topological polar surface area (TPSA) is 0 Å². The average molecular weight is 211 g/mol. The first-order valence-electron chi connectivity index (χ1n) is 6.96. The van der Waals surface area contributed by atoms with E-state index in [1.807, 2.05) is 0 Å². The van der Waals surface area contributed by atoms with Crippen LogP contribution in [0.25, 0.3) is 0 Å². The van der Waals surface area contributed by atoms with E-state index in [-0.39, 0.29) is 0 Å². The molecule has 1 radical (unpaired) electrons. The van der Waals surface area contributed by atoms with Gasteiger partial charge in [0.05, 0.1) is 0 Å². The Balaban J connectivity index is 3.83. The molecule has 0 atom stereocenters. The Kier molecular flexibility index (Phi) is 9.24. The third-order valence-corrected chi connectivity index (χ3v) is 3.46. The maximum Gasteiger partial charge on any atom is -0.0323 e. The van der Waals surface area contributed by atoms with E-state index in [1.54, 1.807) is 0 Å². The molecule has 15 heavy (non-hydrogen) atoms. The molecule has 0 rings (SSSR count). The second-order valence-corrected chi connectivity index (χ2v) is 5.34. The van der Waals surface area contributed by atoms with Crippen LogP contribution in [-0.4, -0.2) is 0 Å². The predicted octanol–water partition coefficient (Wildman–Crippen LogP) is 5.77. The van der Waals surface area contributed by atoms with Crippen molar-refractivity contribution < 1.29 is 0 Å². The first kappa shape index (κ1) is 15.0. The van der Waals surface area contributed by atoms with Gasteiger partial charge >= 0.3 is 0 Å². The Hall–Kier alpha value is 0. The van der Waals surface area contributed by atoms with Gasteiger partial charge in [0.1, 0.15) is 0 Å². The Bertz CT molecular complexity index is 116. The van der Waals surface area contributed by atoms with Gasteiger partial charge in [0.15, 0.2) is 0 Å². The molecule has 0 aliphatic heterocycles. The van der Waals surface area contributed by atoms with Gasteiger partial charge in [-0.1, -0.05) is 66.2 Å². The summed E-state index contributed by atoms with van der Waals surface area (Å²) in [5, 5.41) is 0. The molecule has 0 spiro atoms. The van der Waals surface area contributed by atoms with Crippen molar-refractivity contribution in [1.82, 2.24) is 0 Å². The summed E-state index contributed by atoms with van der Waals surface area (Å²) >= 11 is 0. The summed E-state index contributed by atoms with van der Waals surface area (Å²) in [5.74, 6) is 0. The molecule has 0 bridgehead atoms. The zero-order chi connectivity index (χ0) is 11.6. The standard InChI is InChI=1S/C15H31/c1-5-8-10-13-15(4,12-7-3)14-11-9-6-2/h7H,5-6,8-14H2,1-4H3. The molecule has 0 heteroatoms. The highest BCUT2D eigenvalue weighted by atomic mass is 14.3. The summed E-state index contributed by atoms with van der Waals surface area (Å²) < 4.78 is 0. The van der Waals surface area contributed by atoms with Crippen LogP contribution in [-0.2, 0) is 0 Å². The van der Waals surface area contributed by atoms with Crippen LogP contribution in [0.5, 0.6) is 0 Å². The van der Waals surface area contributed by atoms with Crippen LogP contribution in [0.15, 0.2) is 0 Å². The van der Waals surface area contributed by atoms with Gasteiger partial charge in [0, 0.05) is 0 Å². The van der Waals surface area contributed by atoms with Crippen molar-refractivity contribution >= 4 is 0 Å². The lowest BCUT2D eigenvalue weighted by atomic mass is 9.76. The lowest BCUT2D eigenvalue weighted by Gasteiger charge is -2.29. The van der Waals surface area contributed by atoms with Gasteiger partial charge in [0.2, 0.25) is 0 Å². The van der Waals surface area contributed by atoms with Gasteiger partial charge in [-0.05, 0) is 31.1 Å². The number of unbranched alkanes of at least 4 members (excludes halogenated alkanes) is 4. The van der Waals surface area contributed by atoms with Gasteiger partial charge in [-0.15, -0.1) is 0 Å². The largest absolute Gasteiger partial charge is 0.0654 e. The van der Waals surface area contributed by atoms with Crippen LogP contribution in [0.4, 0.5) is 0 Å². The third-order valence-electron chi connectivity index (χ3n) is 3.46. The van der Waals surface area contributed by atoms with Gasteiger partial charge in [-0.2, -0.15) is 0 Å². The zero-order valence-electron chi connectivity index (χ0n) is 11.4. The zero-order valence-corrected chi connectivity index (χ0v) is 11.4. The molecule has 0 unspecified atom stereocenters. The van der Waals surface area contributed by atoms with Crippen molar-refractivity contribution in [2.24, 2.45) is 5.41 Å². The fourth-order valence-electron chi connectivity index (χ4n) is 2.43. The first-order chi connectivity index (χ1) is 7.18. The molecule has 0 aliphatic carbocycles. The van der Waals surface area contributed by atoms with E-state index >= 15 is 0 Å². The van der Waals surface area contributed by atoms with Crippen LogP contribution < -0.4 is 0 Å². The van der Waals surface area contributed by atoms with Gasteiger partial charge in [0.25, 0.3) is 0 Å². The van der Waals surface area contributed by atoms with Crippen LogP contribution in [0.3, 0.4) is 0 Å². The van der Waals surface area contributed by atoms with E-state index in [9.17, 15) is 0 Å². The van der Waals surface area contributed by atoms with Gasteiger partial charge in [-0.25, -0.2) is 0 Å². The minimum Gasteiger partial charge on any atom is -0.0654 e. The summed E-state index contributed by atoms with van der Waals surface area (Å²) in [6, 6.07) is 0. The van der Waals surface area contributed by atoms with E-state index < -0.39 is 0 Å². The fourth-order valence-corrected chi connectivity index (χ4v) is 2.43. The summed E-state index contributed by atoms with van der Waals surface area (Å²) in [4.78, 5) is 0. The van der Waals surface area contributed by atoms with E-state index in [0.717, 1.165) is 0 Å². The lowest BCUT2D eigenvalue weighted by Crippen LogP contribution is -2.16. The summed E-state index contributed by atoms with van der Waals surface area (Å²) in [5.41, 5.74) is 0.596. The smallest absolute Gasteiger partial charge is 0.0323 e. The normalized spacial score (nSPS) is 12.0. The van der Waals surface area contributed by atoms with E-state index in [0.29, 0.717) is 5.41 Å². The molecule has 0 aliphatic rings. The molecule has 0 heterocycles. The number of rotatable bonds is 10. The third kappa shape index (κ3) is 7.88. The molecule has 0 aromatic carbocycles. The average Bonchev–Trinajstić information content (AvgIpc) is 2.19. The van der Waals surface area contributed by atoms with Crippen LogP contribution in [0.1, 0.15) is 85.5 Å². The fraction of sp³-hybridized carbons (Fsp3) is 0.933. The Morgan fingerprint density at radius 2 is 1.33 bits per heavy atom. The summed E-state index contributed by atoms with van der Waals surface area (Å²) in [7, 11) is 0. The molecule has 0 fully saturated rings. The Morgan fingerprint density at radius 1 is 0.867 bits per heavy atom. The molecular weight excluding hydrogens is 180 g/mol. The number of hydrogen-bond acceptors (Lipinski definition) is 0. The van der Waals surface area contributed by atoms with Crippen molar-refractivity contribution in [3.8, 4) is 0 Å². The Labute approximate surface area is 97.8 Å². The quantitative estimate of drug-likeness (QED) is 0.402. The molecule has 0 N–H and O–H groups in total. The van der Waals surface area contributed by atoms with Gasteiger partial charge in [-0.3, -0.25) is 0 Å². The molecular formula is C15H31. The van der Waals surface area contributed by atoms with Crippen LogP contribution >= 0.6 is 0 Å². The summed E-state index contributed by atoms with van der Waals surface area (Å²) in [6.45, 7) is 9.27. The first-order valence-corrected chi connectivity index (χ1v) is 6.96. The van der Waals surface area contributed by atoms with Crippen molar-refractivity contribution in [3.63, 3.8) is 0 Å². The van der Waals surface area contributed by atoms with Crippen molar-refractivity contribution in [3.05, 3.63) is 6.42 Å². The minimum atomic E-state index is 0.596.